The van der Waals surface area contributed by atoms with Crippen LogP contribution in [0.3, 0.4) is 0 Å². The number of furan rings is 1. The fourth-order valence-electron chi connectivity index (χ4n) is 1.22. The molecule has 0 fully saturated rings. The molecular weight excluding hydrogens is 168 g/mol. The molecule has 0 N–H and O–H groups in total. The van der Waals surface area contributed by atoms with Crippen LogP contribution >= 0.6 is 0 Å². The van der Waals surface area contributed by atoms with Crippen LogP contribution in [0.1, 0.15) is 19.9 Å². The van der Waals surface area contributed by atoms with Crippen molar-refractivity contribution in [3.05, 3.63) is 29.0 Å². The van der Waals surface area contributed by atoms with Crippen LogP contribution in [-0.4, -0.2) is 9.55 Å². The molecule has 0 aliphatic rings. The minimum absolute atomic E-state index is 0.124. The number of nitrogens with zero attached hydrogens (tertiary/aromatic N) is 2. The Labute approximate surface area is 74.8 Å². The molecule has 0 bridgehead atoms. The van der Waals surface area contributed by atoms with Gasteiger partial charge in [-0.1, -0.05) is 0 Å². The van der Waals surface area contributed by atoms with Gasteiger partial charge >= 0.3 is 5.69 Å². The molecule has 13 heavy (non-hydrogen) atoms. The summed E-state index contributed by atoms with van der Waals surface area (Å²) in [6.07, 6.45) is 3.29. The maximum Gasteiger partial charge on any atom is 0.351 e. The molecule has 0 aliphatic heterocycles. The van der Waals surface area contributed by atoms with E-state index in [0.29, 0.717) is 5.71 Å². The van der Waals surface area contributed by atoms with Crippen molar-refractivity contribution in [2.24, 2.45) is 0 Å². The predicted octanol–water partition coefficient (Wildman–Crippen LogP) is 1.57. The Morgan fingerprint density at radius 2 is 2.31 bits per heavy atom. The summed E-state index contributed by atoms with van der Waals surface area (Å²) in [6.45, 7) is 3.88. The third kappa shape index (κ3) is 1.24. The normalized spacial score (nSPS) is 11.3. The zero-order valence-corrected chi connectivity index (χ0v) is 7.52. The largest absolute Gasteiger partial charge is 0.446 e. The van der Waals surface area contributed by atoms with Gasteiger partial charge in [-0.3, -0.25) is 4.57 Å². The Balaban J connectivity index is 2.77. The molecule has 0 saturated carbocycles. The van der Waals surface area contributed by atoms with E-state index in [1.54, 1.807) is 16.8 Å². The summed E-state index contributed by atoms with van der Waals surface area (Å²) in [4.78, 5) is 15.2. The summed E-state index contributed by atoms with van der Waals surface area (Å²) in [5, 5.41) is 0.855. The Morgan fingerprint density at radius 3 is 3.00 bits per heavy atom. The Kier molecular flexibility index (Phi) is 1.69. The maximum atomic E-state index is 11.4. The summed E-state index contributed by atoms with van der Waals surface area (Å²) in [6, 6.07) is 1.92. The maximum absolute atomic E-state index is 11.4. The van der Waals surface area contributed by atoms with E-state index < -0.39 is 0 Å². The molecule has 68 valence electrons. The summed E-state index contributed by atoms with van der Waals surface area (Å²) in [5.41, 5.74) is 0.138. The minimum Gasteiger partial charge on any atom is -0.446 e. The molecule has 4 heteroatoms. The van der Waals surface area contributed by atoms with Gasteiger partial charge in [0, 0.05) is 12.2 Å². The van der Waals surface area contributed by atoms with E-state index in [9.17, 15) is 4.79 Å². The standard InChI is InChI=1S/C9H10N2O2/c1-6(2)11-5-7-3-4-13-8(7)10-9(11)12/h3-6H,1-2H3. The van der Waals surface area contributed by atoms with Crippen molar-refractivity contribution in [3.63, 3.8) is 0 Å². The van der Waals surface area contributed by atoms with Gasteiger partial charge in [-0.05, 0) is 19.9 Å². The first-order chi connectivity index (χ1) is 6.18. The van der Waals surface area contributed by atoms with Crippen molar-refractivity contribution in [2.75, 3.05) is 0 Å². The summed E-state index contributed by atoms with van der Waals surface area (Å²) < 4.78 is 6.59. The van der Waals surface area contributed by atoms with Crippen LogP contribution in [0.4, 0.5) is 0 Å². The topological polar surface area (TPSA) is 48.0 Å². The van der Waals surface area contributed by atoms with Crippen LogP contribution in [0.15, 0.2) is 27.7 Å². The van der Waals surface area contributed by atoms with E-state index in [4.69, 9.17) is 4.42 Å². The van der Waals surface area contributed by atoms with E-state index in [1.807, 2.05) is 13.8 Å². The highest BCUT2D eigenvalue weighted by molar-refractivity contribution is 5.71. The summed E-state index contributed by atoms with van der Waals surface area (Å²) in [7, 11) is 0. The van der Waals surface area contributed by atoms with Gasteiger partial charge in [0.05, 0.1) is 11.6 Å². The van der Waals surface area contributed by atoms with Gasteiger partial charge in [0.25, 0.3) is 0 Å². The van der Waals surface area contributed by atoms with Crippen molar-refractivity contribution in [2.45, 2.75) is 19.9 Å². The van der Waals surface area contributed by atoms with Crippen LogP contribution in [-0.2, 0) is 0 Å². The second kappa shape index (κ2) is 2.73. The second-order valence-electron chi connectivity index (χ2n) is 3.21. The first-order valence-corrected chi connectivity index (χ1v) is 4.15. The van der Waals surface area contributed by atoms with Gasteiger partial charge < -0.3 is 4.42 Å². The van der Waals surface area contributed by atoms with E-state index in [1.165, 1.54) is 6.26 Å². The molecule has 0 spiro atoms. The molecular formula is C9H10N2O2. The Hall–Kier alpha value is -1.58. The first kappa shape index (κ1) is 8.04. The highest BCUT2D eigenvalue weighted by atomic mass is 16.3. The van der Waals surface area contributed by atoms with Gasteiger partial charge in [-0.25, -0.2) is 4.79 Å². The highest BCUT2D eigenvalue weighted by Crippen LogP contribution is 2.11. The number of fused-ring (bicyclic) bond motifs is 1. The van der Waals surface area contributed by atoms with Crippen LogP contribution in [0.5, 0.6) is 0 Å². The average molecular weight is 178 g/mol. The molecule has 2 heterocycles. The van der Waals surface area contributed by atoms with Gasteiger partial charge in [0.2, 0.25) is 5.71 Å². The molecule has 0 amide bonds. The third-order valence-electron chi connectivity index (χ3n) is 1.93. The van der Waals surface area contributed by atoms with Crippen molar-refractivity contribution in [1.82, 2.24) is 9.55 Å². The molecule has 0 radical (unpaired) electrons. The Morgan fingerprint density at radius 1 is 1.54 bits per heavy atom. The zero-order chi connectivity index (χ0) is 9.42. The number of hydrogen-bond donors (Lipinski definition) is 0. The fraction of sp³-hybridized carbons (Fsp3) is 0.333. The van der Waals surface area contributed by atoms with Crippen molar-refractivity contribution >= 4 is 11.1 Å². The second-order valence-corrected chi connectivity index (χ2v) is 3.21. The molecule has 2 aromatic heterocycles. The summed E-state index contributed by atoms with van der Waals surface area (Å²) in [5.74, 6) is 0. The summed E-state index contributed by atoms with van der Waals surface area (Å²) >= 11 is 0. The zero-order valence-electron chi connectivity index (χ0n) is 7.52. The van der Waals surface area contributed by atoms with Crippen LogP contribution in [0, 0.1) is 0 Å². The SMILES string of the molecule is CC(C)n1cc2ccoc2nc1=O. The number of aromatic nitrogens is 2. The molecule has 4 nitrogen and oxygen atoms in total. The first-order valence-electron chi connectivity index (χ1n) is 4.15. The van der Waals surface area contributed by atoms with E-state index in [0.717, 1.165) is 5.39 Å². The minimum atomic E-state index is -0.266. The molecule has 0 aliphatic carbocycles. The molecule has 0 aromatic carbocycles. The molecule has 0 saturated heterocycles. The molecule has 2 rings (SSSR count). The lowest BCUT2D eigenvalue weighted by Crippen LogP contribution is -2.23. The average Bonchev–Trinajstić information content (AvgIpc) is 2.48. The van der Waals surface area contributed by atoms with Gasteiger partial charge in [0.15, 0.2) is 0 Å². The Bertz CT molecular complexity index is 482. The van der Waals surface area contributed by atoms with Crippen LogP contribution < -0.4 is 5.69 Å². The smallest absolute Gasteiger partial charge is 0.351 e. The van der Waals surface area contributed by atoms with Crippen LogP contribution in [0.2, 0.25) is 0 Å². The number of hydrogen-bond acceptors (Lipinski definition) is 3. The van der Waals surface area contributed by atoms with Crippen molar-refractivity contribution < 1.29 is 4.42 Å². The predicted molar refractivity (Wildman–Crippen MR) is 48.7 cm³/mol. The van der Waals surface area contributed by atoms with Crippen LogP contribution in [0.25, 0.3) is 11.1 Å². The van der Waals surface area contributed by atoms with Gasteiger partial charge in [-0.15, -0.1) is 0 Å². The van der Waals surface area contributed by atoms with Gasteiger partial charge in [0.1, 0.15) is 0 Å². The molecule has 2 aromatic rings. The quantitative estimate of drug-likeness (QED) is 0.665. The highest BCUT2D eigenvalue weighted by Gasteiger charge is 2.05. The third-order valence-corrected chi connectivity index (χ3v) is 1.93. The monoisotopic (exact) mass is 178 g/mol. The lowest BCUT2D eigenvalue weighted by molar-refractivity contribution is 0.554. The van der Waals surface area contributed by atoms with Crippen molar-refractivity contribution in [3.8, 4) is 0 Å². The lowest BCUT2D eigenvalue weighted by atomic mass is 10.3. The fourth-order valence-corrected chi connectivity index (χ4v) is 1.22. The molecule has 0 atom stereocenters. The molecule has 0 unspecified atom stereocenters. The number of rotatable bonds is 1. The van der Waals surface area contributed by atoms with E-state index in [2.05, 4.69) is 4.98 Å². The van der Waals surface area contributed by atoms with E-state index >= 15 is 0 Å². The van der Waals surface area contributed by atoms with E-state index in [-0.39, 0.29) is 11.7 Å². The lowest BCUT2D eigenvalue weighted by Gasteiger charge is -2.07. The van der Waals surface area contributed by atoms with Gasteiger partial charge in [-0.2, -0.15) is 4.98 Å². The van der Waals surface area contributed by atoms with Crippen molar-refractivity contribution in [1.29, 1.82) is 0 Å².